The van der Waals surface area contributed by atoms with E-state index in [1.165, 1.54) is 12.0 Å². The van der Waals surface area contributed by atoms with Gasteiger partial charge >= 0.3 is 0 Å². The van der Waals surface area contributed by atoms with Crippen LogP contribution in [0.1, 0.15) is 52.0 Å². The van der Waals surface area contributed by atoms with E-state index < -0.39 is 0 Å². The summed E-state index contributed by atoms with van der Waals surface area (Å²) in [6, 6.07) is 11.4. The molecule has 1 aromatic carbocycles. The van der Waals surface area contributed by atoms with Gasteiger partial charge in [-0.05, 0) is 37.8 Å². The smallest absolute Gasteiger partial charge is 0.0198 e. The highest BCUT2D eigenvalue weighted by molar-refractivity contribution is 5.28. The van der Waals surface area contributed by atoms with Gasteiger partial charge in [-0.2, -0.15) is 0 Å². The van der Waals surface area contributed by atoms with Crippen molar-refractivity contribution in [2.45, 2.75) is 57.9 Å². The molecule has 0 aliphatic carbocycles. The van der Waals surface area contributed by atoms with Crippen LogP contribution in [0.5, 0.6) is 0 Å². The maximum absolute atomic E-state index is 3.94. The molecule has 1 rings (SSSR count). The van der Waals surface area contributed by atoms with Gasteiger partial charge in [0.25, 0.3) is 0 Å². The molecule has 1 N–H and O–H groups in total. The lowest BCUT2D eigenvalue weighted by molar-refractivity contribution is 0.272. The summed E-state index contributed by atoms with van der Waals surface area (Å²) in [5, 5.41) is 3.74. The van der Waals surface area contributed by atoms with Crippen molar-refractivity contribution in [3.63, 3.8) is 0 Å². The lowest BCUT2D eigenvalue weighted by Crippen LogP contribution is -2.48. The standard InChI is InChI=1S/C18H29N/c1-5-12-17(19-15-6-2)18(7-3,8-4)16-13-10-9-11-14-16/h5,9-11,13-14,17,19H,1,6-8,12,15H2,2-4H3. The lowest BCUT2D eigenvalue weighted by Gasteiger charge is -2.41. The first kappa shape index (κ1) is 16.0. The number of rotatable bonds is 9. The van der Waals surface area contributed by atoms with Gasteiger partial charge < -0.3 is 5.32 Å². The van der Waals surface area contributed by atoms with E-state index in [1.54, 1.807) is 0 Å². The minimum atomic E-state index is 0.213. The van der Waals surface area contributed by atoms with Gasteiger partial charge in [0.05, 0.1) is 0 Å². The topological polar surface area (TPSA) is 12.0 Å². The summed E-state index contributed by atoms with van der Waals surface area (Å²) in [6.07, 6.45) is 6.56. The third-order valence-electron chi connectivity index (χ3n) is 4.32. The van der Waals surface area contributed by atoms with Gasteiger partial charge in [0.2, 0.25) is 0 Å². The van der Waals surface area contributed by atoms with Crippen LogP contribution in [0.2, 0.25) is 0 Å². The van der Waals surface area contributed by atoms with E-state index in [4.69, 9.17) is 0 Å². The molecule has 0 saturated heterocycles. The second kappa shape index (κ2) is 8.16. The highest BCUT2D eigenvalue weighted by atomic mass is 14.9. The van der Waals surface area contributed by atoms with E-state index in [1.807, 2.05) is 0 Å². The van der Waals surface area contributed by atoms with Crippen molar-refractivity contribution in [3.05, 3.63) is 48.6 Å². The SMILES string of the molecule is C=CCC(NCCC)C(CC)(CC)c1ccccc1. The predicted octanol–water partition coefficient (Wildman–Crippen LogP) is 4.69. The van der Waals surface area contributed by atoms with Crippen LogP contribution in [0.25, 0.3) is 0 Å². The molecule has 1 nitrogen and oxygen atoms in total. The number of nitrogens with one attached hydrogen (secondary N) is 1. The van der Waals surface area contributed by atoms with E-state index in [-0.39, 0.29) is 5.41 Å². The second-order valence-electron chi connectivity index (χ2n) is 5.26. The third kappa shape index (κ3) is 3.70. The van der Waals surface area contributed by atoms with E-state index in [9.17, 15) is 0 Å². The van der Waals surface area contributed by atoms with E-state index in [0.717, 1.165) is 25.8 Å². The molecule has 0 bridgehead atoms. The minimum Gasteiger partial charge on any atom is -0.313 e. The number of benzene rings is 1. The molecule has 1 heteroatoms. The Morgan fingerprint density at radius 1 is 1.16 bits per heavy atom. The molecule has 106 valence electrons. The van der Waals surface area contributed by atoms with Crippen LogP contribution in [0.3, 0.4) is 0 Å². The average Bonchev–Trinajstić information content (AvgIpc) is 2.47. The molecule has 0 fully saturated rings. The fraction of sp³-hybridized carbons (Fsp3) is 0.556. The van der Waals surface area contributed by atoms with E-state index in [0.29, 0.717) is 6.04 Å². The van der Waals surface area contributed by atoms with Crippen molar-refractivity contribution in [2.24, 2.45) is 0 Å². The molecule has 0 aliphatic heterocycles. The quantitative estimate of drug-likeness (QED) is 0.634. The zero-order valence-corrected chi connectivity index (χ0v) is 12.8. The fourth-order valence-electron chi connectivity index (χ4n) is 3.11. The Morgan fingerprint density at radius 2 is 1.79 bits per heavy atom. The van der Waals surface area contributed by atoms with Gasteiger partial charge in [0.1, 0.15) is 0 Å². The summed E-state index contributed by atoms with van der Waals surface area (Å²) >= 11 is 0. The zero-order chi connectivity index (χ0) is 14.1. The summed E-state index contributed by atoms with van der Waals surface area (Å²) in [5.74, 6) is 0. The van der Waals surface area contributed by atoms with Crippen molar-refractivity contribution >= 4 is 0 Å². The van der Waals surface area contributed by atoms with Gasteiger partial charge in [-0.3, -0.25) is 0 Å². The van der Waals surface area contributed by atoms with Crippen molar-refractivity contribution in [2.75, 3.05) is 6.54 Å². The molecule has 0 heterocycles. The Morgan fingerprint density at radius 3 is 2.26 bits per heavy atom. The normalized spacial score (nSPS) is 13.2. The maximum atomic E-state index is 3.94. The third-order valence-corrected chi connectivity index (χ3v) is 4.32. The van der Waals surface area contributed by atoms with Crippen molar-refractivity contribution in [3.8, 4) is 0 Å². The predicted molar refractivity (Wildman–Crippen MR) is 85.6 cm³/mol. The van der Waals surface area contributed by atoms with Crippen LogP contribution in [0, 0.1) is 0 Å². The fourth-order valence-corrected chi connectivity index (χ4v) is 3.11. The summed E-state index contributed by atoms with van der Waals surface area (Å²) in [6.45, 7) is 11.9. The summed E-state index contributed by atoms with van der Waals surface area (Å²) in [7, 11) is 0. The monoisotopic (exact) mass is 259 g/mol. The number of hydrogen-bond acceptors (Lipinski definition) is 1. The molecule has 19 heavy (non-hydrogen) atoms. The molecule has 0 aliphatic rings. The van der Waals surface area contributed by atoms with Crippen LogP contribution < -0.4 is 5.32 Å². The van der Waals surface area contributed by atoms with Crippen LogP contribution >= 0.6 is 0 Å². The Hall–Kier alpha value is -1.08. The highest BCUT2D eigenvalue weighted by Gasteiger charge is 2.36. The van der Waals surface area contributed by atoms with Crippen molar-refractivity contribution < 1.29 is 0 Å². The van der Waals surface area contributed by atoms with Gasteiger partial charge in [0.15, 0.2) is 0 Å². The first-order chi connectivity index (χ1) is 9.25. The van der Waals surface area contributed by atoms with Gasteiger partial charge in [-0.25, -0.2) is 0 Å². The van der Waals surface area contributed by atoms with Gasteiger partial charge in [-0.15, -0.1) is 6.58 Å². The Kier molecular flexibility index (Phi) is 6.86. The van der Waals surface area contributed by atoms with Crippen molar-refractivity contribution in [1.29, 1.82) is 0 Å². The first-order valence-corrected chi connectivity index (χ1v) is 7.64. The molecule has 0 saturated carbocycles. The molecular weight excluding hydrogens is 230 g/mol. The van der Waals surface area contributed by atoms with Crippen molar-refractivity contribution in [1.82, 2.24) is 5.32 Å². The lowest BCUT2D eigenvalue weighted by atomic mass is 9.69. The van der Waals surface area contributed by atoms with E-state index >= 15 is 0 Å². The zero-order valence-electron chi connectivity index (χ0n) is 12.8. The summed E-state index contributed by atoms with van der Waals surface area (Å²) in [5.41, 5.74) is 1.67. The minimum absolute atomic E-state index is 0.213. The molecule has 1 atom stereocenters. The Balaban J connectivity index is 3.10. The molecule has 0 radical (unpaired) electrons. The van der Waals surface area contributed by atoms with Gasteiger partial charge in [-0.1, -0.05) is 57.2 Å². The molecule has 1 aromatic rings. The molecule has 1 unspecified atom stereocenters. The molecule has 0 amide bonds. The molecule has 0 aromatic heterocycles. The highest BCUT2D eigenvalue weighted by Crippen LogP contribution is 2.36. The largest absolute Gasteiger partial charge is 0.313 e. The second-order valence-corrected chi connectivity index (χ2v) is 5.26. The maximum Gasteiger partial charge on any atom is 0.0198 e. The first-order valence-electron chi connectivity index (χ1n) is 7.64. The number of hydrogen-bond donors (Lipinski definition) is 1. The van der Waals surface area contributed by atoms with E-state index in [2.05, 4.69) is 69.1 Å². The molecular formula is C18H29N. The molecule has 0 spiro atoms. The Bertz CT molecular complexity index is 351. The van der Waals surface area contributed by atoms with Gasteiger partial charge in [0, 0.05) is 11.5 Å². The van der Waals surface area contributed by atoms with Crippen LogP contribution in [0.15, 0.2) is 43.0 Å². The summed E-state index contributed by atoms with van der Waals surface area (Å²) in [4.78, 5) is 0. The van der Waals surface area contributed by atoms with Crippen LogP contribution in [-0.4, -0.2) is 12.6 Å². The average molecular weight is 259 g/mol. The van der Waals surface area contributed by atoms with Crippen LogP contribution in [-0.2, 0) is 5.41 Å². The summed E-state index contributed by atoms with van der Waals surface area (Å²) < 4.78 is 0. The Labute approximate surface area is 119 Å². The van der Waals surface area contributed by atoms with Crippen LogP contribution in [0.4, 0.5) is 0 Å².